The summed E-state index contributed by atoms with van der Waals surface area (Å²) in [5, 5.41) is 12.3. The molecule has 0 saturated carbocycles. The number of aromatic hydroxyl groups is 1. The zero-order valence-electron chi connectivity index (χ0n) is 12.8. The molecule has 0 spiro atoms. The Hall–Kier alpha value is -1.51. The standard InChI is InChI=1S/C15H20INO5/c1-9(2)4-15(20)22-8-14(19)17-7-10-5-13(21-3)12(18)6-11(10)16/h5-6,9,18H,4,7-8H2,1-3H3,(H,17,19). The normalized spacial score (nSPS) is 10.4. The molecule has 122 valence electrons. The van der Waals surface area contributed by atoms with Gasteiger partial charge in [-0.15, -0.1) is 0 Å². The Kier molecular flexibility index (Phi) is 7.43. The fraction of sp³-hybridized carbons (Fsp3) is 0.467. The number of nitrogens with one attached hydrogen (secondary N) is 1. The number of halogens is 1. The van der Waals surface area contributed by atoms with Crippen LogP contribution in [0.3, 0.4) is 0 Å². The van der Waals surface area contributed by atoms with Crippen molar-refractivity contribution in [3.05, 3.63) is 21.3 Å². The first-order valence-electron chi connectivity index (χ1n) is 6.81. The topological polar surface area (TPSA) is 84.9 Å². The lowest BCUT2D eigenvalue weighted by molar-refractivity contribution is -0.149. The van der Waals surface area contributed by atoms with Gasteiger partial charge in [-0.25, -0.2) is 0 Å². The number of rotatable bonds is 7. The lowest BCUT2D eigenvalue weighted by Gasteiger charge is -2.11. The summed E-state index contributed by atoms with van der Waals surface area (Å²) in [5.41, 5.74) is 0.803. The van der Waals surface area contributed by atoms with Crippen LogP contribution >= 0.6 is 22.6 Å². The molecule has 1 rings (SSSR count). The number of methoxy groups -OCH3 is 1. The molecule has 0 bridgehead atoms. The lowest BCUT2D eigenvalue weighted by atomic mass is 10.1. The van der Waals surface area contributed by atoms with Crippen LogP contribution in [0.15, 0.2) is 12.1 Å². The fourth-order valence-electron chi connectivity index (χ4n) is 1.67. The maximum Gasteiger partial charge on any atom is 0.306 e. The number of ether oxygens (including phenoxy) is 2. The number of phenolic OH excluding ortho intramolecular Hbond substituents is 1. The van der Waals surface area contributed by atoms with E-state index in [1.807, 2.05) is 13.8 Å². The zero-order chi connectivity index (χ0) is 16.7. The molecule has 7 heteroatoms. The first kappa shape index (κ1) is 18.5. The van der Waals surface area contributed by atoms with Gasteiger partial charge in [-0.05, 0) is 46.2 Å². The van der Waals surface area contributed by atoms with E-state index in [0.717, 1.165) is 9.13 Å². The molecule has 0 saturated heterocycles. The molecule has 0 radical (unpaired) electrons. The quantitative estimate of drug-likeness (QED) is 0.521. The number of esters is 1. The highest BCUT2D eigenvalue weighted by molar-refractivity contribution is 14.1. The van der Waals surface area contributed by atoms with Crippen molar-refractivity contribution in [1.29, 1.82) is 0 Å². The molecule has 1 aromatic carbocycles. The van der Waals surface area contributed by atoms with Gasteiger partial charge < -0.3 is 19.9 Å². The molecule has 0 heterocycles. The van der Waals surface area contributed by atoms with Gasteiger partial charge in [0.2, 0.25) is 0 Å². The van der Waals surface area contributed by atoms with E-state index in [-0.39, 0.29) is 36.7 Å². The first-order chi connectivity index (χ1) is 10.3. The van der Waals surface area contributed by atoms with Gasteiger partial charge in [0.1, 0.15) is 0 Å². The van der Waals surface area contributed by atoms with Gasteiger partial charge in [0.15, 0.2) is 18.1 Å². The summed E-state index contributed by atoms with van der Waals surface area (Å²) in [6.07, 6.45) is 0.292. The third-order valence-electron chi connectivity index (χ3n) is 2.76. The fourth-order valence-corrected chi connectivity index (χ4v) is 2.31. The predicted octanol–water partition coefficient (Wildman–Crippen LogP) is 2.21. The Morgan fingerprint density at radius 3 is 2.64 bits per heavy atom. The Morgan fingerprint density at radius 1 is 1.36 bits per heavy atom. The van der Waals surface area contributed by atoms with Gasteiger partial charge in [-0.2, -0.15) is 0 Å². The van der Waals surface area contributed by atoms with E-state index in [1.54, 1.807) is 12.1 Å². The predicted molar refractivity (Wildman–Crippen MR) is 89.6 cm³/mol. The second-order valence-corrected chi connectivity index (χ2v) is 6.31. The van der Waals surface area contributed by atoms with Crippen molar-refractivity contribution in [2.24, 2.45) is 5.92 Å². The summed E-state index contributed by atoms with van der Waals surface area (Å²) in [7, 11) is 1.46. The van der Waals surface area contributed by atoms with Crippen molar-refractivity contribution >= 4 is 34.5 Å². The third-order valence-corrected chi connectivity index (χ3v) is 3.77. The van der Waals surface area contributed by atoms with Gasteiger partial charge in [0.25, 0.3) is 5.91 Å². The molecule has 6 nitrogen and oxygen atoms in total. The highest BCUT2D eigenvalue weighted by Gasteiger charge is 2.11. The SMILES string of the molecule is COc1cc(CNC(=O)COC(=O)CC(C)C)c(I)cc1O. The Labute approximate surface area is 143 Å². The molecule has 0 unspecified atom stereocenters. The monoisotopic (exact) mass is 421 g/mol. The summed E-state index contributed by atoms with van der Waals surface area (Å²) < 4.78 is 10.7. The van der Waals surface area contributed by atoms with E-state index in [1.165, 1.54) is 7.11 Å². The molecule has 0 aromatic heterocycles. The highest BCUT2D eigenvalue weighted by Crippen LogP contribution is 2.30. The number of hydrogen-bond donors (Lipinski definition) is 2. The first-order valence-corrected chi connectivity index (χ1v) is 7.89. The number of amides is 1. The van der Waals surface area contributed by atoms with Gasteiger partial charge in [-0.3, -0.25) is 9.59 Å². The van der Waals surface area contributed by atoms with Gasteiger partial charge in [0, 0.05) is 16.5 Å². The van der Waals surface area contributed by atoms with Crippen LogP contribution in [0.1, 0.15) is 25.8 Å². The maximum atomic E-state index is 11.7. The molecule has 0 atom stereocenters. The Morgan fingerprint density at radius 2 is 2.05 bits per heavy atom. The average molecular weight is 421 g/mol. The van der Waals surface area contributed by atoms with E-state index in [9.17, 15) is 14.7 Å². The minimum atomic E-state index is -0.383. The second kappa shape index (κ2) is 8.82. The van der Waals surface area contributed by atoms with Crippen LogP contribution in [0.25, 0.3) is 0 Å². The van der Waals surface area contributed by atoms with Crippen LogP contribution in [-0.4, -0.2) is 30.7 Å². The molecule has 0 aliphatic heterocycles. The van der Waals surface area contributed by atoms with Crippen LogP contribution in [0.2, 0.25) is 0 Å². The van der Waals surface area contributed by atoms with Crippen molar-refractivity contribution in [1.82, 2.24) is 5.32 Å². The number of carbonyl (C=O) groups excluding carboxylic acids is 2. The molecule has 22 heavy (non-hydrogen) atoms. The second-order valence-electron chi connectivity index (χ2n) is 5.15. The Balaban J connectivity index is 2.49. The Bertz CT molecular complexity index is 545. The van der Waals surface area contributed by atoms with E-state index in [0.29, 0.717) is 12.2 Å². The molecule has 1 aromatic rings. The number of benzene rings is 1. The van der Waals surface area contributed by atoms with Crippen LogP contribution in [0.4, 0.5) is 0 Å². The largest absolute Gasteiger partial charge is 0.504 e. The van der Waals surface area contributed by atoms with Crippen LogP contribution < -0.4 is 10.1 Å². The summed E-state index contributed by atoms with van der Waals surface area (Å²) in [5.74, 6) is -0.176. The minimum absolute atomic E-state index is 0.0459. The van der Waals surface area contributed by atoms with E-state index < -0.39 is 0 Å². The van der Waals surface area contributed by atoms with Crippen molar-refractivity contribution in [3.63, 3.8) is 0 Å². The number of carbonyl (C=O) groups is 2. The van der Waals surface area contributed by atoms with Gasteiger partial charge >= 0.3 is 5.97 Å². The summed E-state index contributed by atoms with van der Waals surface area (Å²) in [6, 6.07) is 3.21. The summed E-state index contributed by atoms with van der Waals surface area (Å²) in [6.45, 7) is 3.77. The van der Waals surface area contributed by atoms with E-state index in [4.69, 9.17) is 9.47 Å². The molecule has 2 N–H and O–H groups in total. The maximum absolute atomic E-state index is 11.7. The van der Waals surface area contributed by atoms with Crippen LogP contribution in [-0.2, 0) is 20.9 Å². The smallest absolute Gasteiger partial charge is 0.306 e. The molecular formula is C15H20INO5. The lowest BCUT2D eigenvalue weighted by Crippen LogP contribution is -2.28. The minimum Gasteiger partial charge on any atom is -0.504 e. The highest BCUT2D eigenvalue weighted by atomic mass is 127. The average Bonchev–Trinajstić information content (AvgIpc) is 2.43. The molecule has 0 aliphatic carbocycles. The van der Waals surface area contributed by atoms with Crippen molar-refractivity contribution < 1.29 is 24.2 Å². The molecular weight excluding hydrogens is 401 g/mol. The van der Waals surface area contributed by atoms with Crippen LogP contribution in [0.5, 0.6) is 11.5 Å². The molecule has 0 fully saturated rings. The van der Waals surface area contributed by atoms with Gasteiger partial charge in [0.05, 0.1) is 7.11 Å². The van der Waals surface area contributed by atoms with Crippen molar-refractivity contribution in [2.75, 3.05) is 13.7 Å². The number of phenols is 1. The summed E-state index contributed by atoms with van der Waals surface area (Å²) >= 11 is 2.06. The number of hydrogen-bond acceptors (Lipinski definition) is 5. The molecule has 0 aliphatic rings. The van der Waals surface area contributed by atoms with Crippen molar-refractivity contribution in [2.45, 2.75) is 26.8 Å². The zero-order valence-corrected chi connectivity index (χ0v) is 15.0. The molecule has 1 amide bonds. The third kappa shape index (κ3) is 6.08. The van der Waals surface area contributed by atoms with E-state index >= 15 is 0 Å². The van der Waals surface area contributed by atoms with Crippen molar-refractivity contribution in [3.8, 4) is 11.5 Å². The van der Waals surface area contributed by atoms with Gasteiger partial charge in [-0.1, -0.05) is 13.8 Å². The van der Waals surface area contributed by atoms with Crippen LogP contribution in [0, 0.1) is 9.49 Å². The summed E-state index contributed by atoms with van der Waals surface area (Å²) in [4.78, 5) is 23.0. The van der Waals surface area contributed by atoms with E-state index in [2.05, 4.69) is 27.9 Å².